The van der Waals surface area contributed by atoms with Crippen LogP contribution in [-0.2, 0) is 9.59 Å². The van der Waals surface area contributed by atoms with Crippen LogP contribution in [0.4, 0.5) is 5.82 Å². The van der Waals surface area contributed by atoms with E-state index in [2.05, 4.69) is 20.6 Å². The number of halogens is 1. The lowest BCUT2D eigenvalue weighted by molar-refractivity contribution is -0.124. The van der Waals surface area contributed by atoms with Crippen molar-refractivity contribution in [1.82, 2.24) is 15.3 Å². The number of hydrogen-bond acceptors (Lipinski definition) is 7. The lowest BCUT2D eigenvalue weighted by Gasteiger charge is -2.09. The highest BCUT2D eigenvalue weighted by Crippen LogP contribution is 2.39. The fourth-order valence-electron chi connectivity index (χ4n) is 2.56. The second kappa shape index (κ2) is 6.55. The molecular weight excluding hydrogens is 380 g/mol. The van der Waals surface area contributed by atoms with Gasteiger partial charge in [0.15, 0.2) is 0 Å². The van der Waals surface area contributed by atoms with Crippen LogP contribution in [0.3, 0.4) is 0 Å². The number of aryl methyl sites for hydroxylation is 1. The average molecular weight is 393 g/mol. The third-order valence-electron chi connectivity index (χ3n) is 3.75. The average Bonchev–Trinajstić information content (AvgIpc) is 3.23. The highest BCUT2D eigenvalue weighted by molar-refractivity contribution is 7.18. The Morgan fingerprint density at radius 1 is 1.12 bits per heavy atom. The number of imide groups is 1. The van der Waals surface area contributed by atoms with Gasteiger partial charge in [-0.05, 0) is 25.3 Å². The van der Waals surface area contributed by atoms with Crippen molar-refractivity contribution in [3.05, 3.63) is 40.0 Å². The molecule has 3 aromatic heterocycles. The van der Waals surface area contributed by atoms with E-state index in [1.165, 1.54) is 11.3 Å². The summed E-state index contributed by atoms with van der Waals surface area (Å²) in [5, 5.41) is 10.2. The van der Waals surface area contributed by atoms with Crippen LogP contribution >= 0.6 is 35.1 Å². The fraction of sp³-hybridized carbons (Fsp3) is 0.125. The number of carbonyl (C=O) groups excluding carboxylic acids is 2. The van der Waals surface area contributed by atoms with Gasteiger partial charge in [-0.3, -0.25) is 14.9 Å². The quantitative estimate of drug-likeness (QED) is 0.666. The van der Waals surface area contributed by atoms with Gasteiger partial charge in [-0.1, -0.05) is 6.07 Å². The second-order valence-corrected chi connectivity index (χ2v) is 7.14. The van der Waals surface area contributed by atoms with Gasteiger partial charge in [0.1, 0.15) is 22.2 Å². The Kier molecular flexibility index (Phi) is 4.59. The fourth-order valence-corrected chi connectivity index (χ4v) is 4.37. The Bertz CT molecular complexity index is 1020. The third-order valence-corrected chi connectivity index (χ3v) is 5.52. The van der Waals surface area contributed by atoms with Crippen molar-refractivity contribution < 1.29 is 9.59 Å². The summed E-state index contributed by atoms with van der Waals surface area (Å²) in [5.41, 5.74) is 1.62. The number of carbonyl (C=O) groups is 2. The van der Waals surface area contributed by atoms with Gasteiger partial charge in [0.25, 0.3) is 11.8 Å². The van der Waals surface area contributed by atoms with E-state index in [4.69, 9.17) is 0 Å². The summed E-state index contributed by atoms with van der Waals surface area (Å²) in [6.45, 7) is 3.41. The van der Waals surface area contributed by atoms with Gasteiger partial charge in [-0.15, -0.1) is 35.1 Å². The number of fused-ring (bicyclic) bond motifs is 1. The van der Waals surface area contributed by atoms with Crippen LogP contribution in [0.15, 0.2) is 34.2 Å². The molecule has 1 aliphatic heterocycles. The van der Waals surface area contributed by atoms with Crippen LogP contribution in [0, 0.1) is 6.92 Å². The molecule has 0 unspecified atom stereocenters. The predicted octanol–water partition coefficient (Wildman–Crippen LogP) is 3.49. The highest BCUT2D eigenvalue weighted by atomic mass is 35.5. The molecule has 2 amide bonds. The maximum atomic E-state index is 12.0. The largest absolute Gasteiger partial charge is 0.335 e. The van der Waals surface area contributed by atoms with Gasteiger partial charge >= 0.3 is 0 Å². The number of amides is 2. The number of rotatable bonds is 3. The zero-order valence-corrected chi connectivity index (χ0v) is 15.7. The lowest BCUT2D eigenvalue weighted by atomic mass is 10.2. The number of thiophene rings is 2. The minimum absolute atomic E-state index is 0. The summed E-state index contributed by atoms with van der Waals surface area (Å²) in [4.78, 5) is 34.5. The van der Waals surface area contributed by atoms with Crippen LogP contribution < -0.4 is 10.6 Å². The SMILES string of the molecule is CC1=C(Nc2nc(C)nc3scc(-c4cccs4)c23)C(=O)NC1=O.Cl. The molecular formula is C16H13ClN4O2S2. The molecule has 0 saturated carbocycles. The first-order valence-electron chi connectivity index (χ1n) is 7.18. The lowest BCUT2D eigenvalue weighted by Crippen LogP contribution is -2.24. The molecule has 0 radical (unpaired) electrons. The van der Waals surface area contributed by atoms with E-state index in [0.29, 0.717) is 17.2 Å². The Balaban J connectivity index is 0.00000182. The smallest absolute Gasteiger partial charge is 0.275 e. The summed E-state index contributed by atoms with van der Waals surface area (Å²) in [7, 11) is 0. The van der Waals surface area contributed by atoms with Gasteiger partial charge in [0.05, 0.1) is 5.39 Å². The van der Waals surface area contributed by atoms with E-state index in [-0.39, 0.29) is 24.0 Å². The summed E-state index contributed by atoms with van der Waals surface area (Å²) in [6, 6.07) is 4.02. The van der Waals surface area contributed by atoms with Crippen molar-refractivity contribution in [1.29, 1.82) is 0 Å². The minimum Gasteiger partial charge on any atom is -0.335 e. The molecule has 0 aliphatic carbocycles. The summed E-state index contributed by atoms with van der Waals surface area (Å²) < 4.78 is 0. The number of nitrogens with zero attached hydrogens (tertiary/aromatic N) is 2. The van der Waals surface area contributed by atoms with Gasteiger partial charge in [0.2, 0.25) is 0 Å². The zero-order valence-electron chi connectivity index (χ0n) is 13.2. The molecule has 0 bridgehead atoms. The predicted molar refractivity (Wildman–Crippen MR) is 102 cm³/mol. The molecule has 1 aliphatic rings. The molecule has 6 nitrogen and oxygen atoms in total. The first-order valence-corrected chi connectivity index (χ1v) is 8.94. The number of anilines is 1. The first-order chi connectivity index (χ1) is 11.5. The number of aromatic nitrogens is 2. The van der Waals surface area contributed by atoms with E-state index < -0.39 is 5.91 Å². The normalized spacial score (nSPS) is 14.0. The molecule has 3 aromatic rings. The van der Waals surface area contributed by atoms with Crippen molar-refractivity contribution in [2.45, 2.75) is 13.8 Å². The molecule has 2 N–H and O–H groups in total. The maximum absolute atomic E-state index is 12.0. The molecule has 0 atom stereocenters. The molecule has 25 heavy (non-hydrogen) atoms. The van der Waals surface area contributed by atoms with Crippen LogP contribution in [0.1, 0.15) is 12.7 Å². The Morgan fingerprint density at radius 2 is 1.92 bits per heavy atom. The summed E-state index contributed by atoms with van der Waals surface area (Å²) in [5.74, 6) is 0.331. The van der Waals surface area contributed by atoms with E-state index >= 15 is 0 Å². The Labute approximate surface area is 157 Å². The summed E-state index contributed by atoms with van der Waals surface area (Å²) in [6.07, 6.45) is 0. The van der Waals surface area contributed by atoms with Gasteiger partial charge in [-0.2, -0.15) is 0 Å². The van der Waals surface area contributed by atoms with Gasteiger partial charge in [-0.25, -0.2) is 9.97 Å². The van der Waals surface area contributed by atoms with Crippen molar-refractivity contribution in [2.24, 2.45) is 0 Å². The standard InChI is InChI=1S/C16H12N4O2S2.ClH/c1-7-12(15(22)20-14(7)21)19-13-11-9(10-4-3-5-23-10)6-24-16(11)18-8(2)17-13;/h3-6H,1-2H3,(H2,17,18,19,20,21,22);1H. The molecule has 128 valence electrons. The molecule has 0 aromatic carbocycles. The van der Waals surface area contributed by atoms with Crippen LogP contribution in [0.5, 0.6) is 0 Å². The number of hydrogen-bond donors (Lipinski definition) is 2. The topological polar surface area (TPSA) is 84.0 Å². The van der Waals surface area contributed by atoms with E-state index in [1.807, 2.05) is 22.9 Å². The van der Waals surface area contributed by atoms with Crippen molar-refractivity contribution in [2.75, 3.05) is 5.32 Å². The Hall–Kier alpha value is -2.29. The van der Waals surface area contributed by atoms with E-state index in [1.54, 1.807) is 25.2 Å². The van der Waals surface area contributed by atoms with Gasteiger partial charge in [0, 0.05) is 21.4 Å². The minimum atomic E-state index is -0.435. The monoisotopic (exact) mass is 392 g/mol. The first kappa shape index (κ1) is 17.5. The second-order valence-electron chi connectivity index (χ2n) is 5.33. The van der Waals surface area contributed by atoms with E-state index in [0.717, 1.165) is 20.7 Å². The van der Waals surface area contributed by atoms with Crippen LogP contribution in [0.2, 0.25) is 0 Å². The number of nitrogens with one attached hydrogen (secondary N) is 2. The zero-order chi connectivity index (χ0) is 16.8. The molecule has 4 heterocycles. The van der Waals surface area contributed by atoms with Crippen molar-refractivity contribution in [3.8, 4) is 10.4 Å². The molecule has 0 fully saturated rings. The third kappa shape index (κ3) is 2.92. The molecule has 0 spiro atoms. The van der Waals surface area contributed by atoms with Gasteiger partial charge < -0.3 is 5.32 Å². The maximum Gasteiger partial charge on any atom is 0.275 e. The molecule has 4 rings (SSSR count). The Morgan fingerprint density at radius 3 is 2.56 bits per heavy atom. The summed E-state index contributed by atoms with van der Waals surface area (Å²) >= 11 is 3.16. The van der Waals surface area contributed by atoms with Crippen LogP contribution in [-0.4, -0.2) is 21.8 Å². The van der Waals surface area contributed by atoms with E-state index in [9.17, 15) is 9.59 Å². The molecule has 9 heteroatoms. The van der Waals surface area contributed by atoms with Crippen LogP contribution in [0.25, 0.3) is 20.7 Å². The highest BCUT2D eigenvalue weighted by Gasteiger charge is 2.28. The van der Waals surface area contributed by atoms with Crippen molar-refractivity contribution >= 4 is 62.9 Å². The van der Waals surface area contributed by atoms with Crippen molar-refractivity contribution in [3.63, 3.8) is 0 Å². The molecule has 0 saturated heterocycles.